The normalized spacial score (nSPS) is 23.4. The van der Waals surface area contributed by atoms with Gasteiger partial charge in [0.15, 0.2) is 0 Å². The van der Waals surface area contributed by atoms with Crippen molar-refractivity contribution in [1.82, 2.24) is 8.87 Å². The van der Waals surface area contributed by atoms with Crippen LogP contribution in [0.5, 0.6) is 5.75 Å². The summed E-state index contributed by atoms with van der Waals surface area (Å²) in [6.07, 6.45) is 2.04. The summed E-state index contributed by atoms with van der Waals surface area (Å²) in [5.74, 6) is 0.520. The maximum absolute atomic E-state index is 12.2. The minimum atomic E-state index is -3.13. The molecule has 0 aromatic carbocycles. The molecular formula is C14H20N2O4S. The van der Waals surface area contributed by atoms with E-state index in [-0.39, 0.29) is 16.9 Å². The zero-order chi connectivity index (χ0) is 15.2. The topological polar surface area (TPSA) is 68.6 Å². The van der Waals surface area contributed by atoms with Gasteiger partial charge in [0.25, 0.3) is 5.56 Å². The van der Waals surface area contributed by atoms with E-state index in [0.717, 1.165) is 18.5 Å². The lowest BCUT2D eigenvalue weighted by Gasteiger charge is -2.17. The molecule has 0 bridgehead atoms. The predicted octanol–water partition coefficient (Wildman–Crippen LogP) is 0.639. The molecule has 2 heterocycles. The zero-order valence-electron chi connectivity index (χ0n) is 12.3. The van der Waals surface area contributed by atoms with E-state index in [1.165, 1.54) is 10.4 Å². The monoisotopic (exact) mass is 312 g/mol. The van der Waals surface area contributed by atoms with Crippen LogP contribution in [0.1, 0.15) is 25.0 Å². The van der Waals surface area contributed by atoms with E-state index < -0.39 is 10.0 Å². The van der Waals surface area contributed by atoms with E-state index in [2.05, 4.69) is 0 Å². The molecular weight excluding hydrogens is 292 g/mol. The van der Waals surface area contributed by atoms with Gasteiger partial charge in [-0.15, -0.1) is 0 Å². The number of aromatic nitrogens is 1. The molecule has 0 spiro atoms. The van der Waals surface area contributed by atoms with Gasteiger partial charge in [0.1, 0.15) is 11.9 Å². The van der Waals surface area contributed by atoms with E-state index in [1.54, 1.807) is 17.7 Å². The second-order valence-corrected chi connectivity index (χ2v) is 8.07. The van der Waals surface area contributed by atoms with Crippen molar-refractivity contribution < 1.29 is 13.2 Å². The van der Waals surface area contributed by atoms with Crippen LogP contribution in [0.3, 0.4) is 0 Å². The second kappa shape index (κ2) is 5.14. The summed E-state index contributed by atoms with van der Waals surface area (Å²) in [6.45, 7) is 2.73. The van der Waals surface area contributed by atoms with Crippen molar-refractivity contribution in [3.8, 4) is 5.75 Å². The lowest BCUT2D eigenvalue weighted by Crippen LogP contribution is -2.33. The van der Waals surface area contributed by atoms with E-state index in [4.69, 9.17) is 4.74 Å². The molecule has 0 N–H and O–H groups in total. The Labute approximate surface area is 124 Å². The summed E-state index contributed by atoms with van der Waals surface area (Å²) in [4.78, 5) is 11.7. The molecule has 2 fully saturated rings. The van der Waals surface area contributed by atoms with Crippen LogP contribution in [0.25, 0.3) is 0 Å². The van der Waals surface area contributed by atoms with E-state index >= 15 is 0 Å². The molecule has 1 saturated carbocycles. The average molecular weight is 312 g/mol. The highest BCUT2D eigenvalue weighted by atomic mass is 32.2. The summed E-state index contributed by atoms with van der Waals surface area (Å²) in [5, 5.41) is -0.178. The third-order valence-corrected chi connectivity index (χ3v) is 6.56. The molecule has 6 nitrogen and oxygen atoms in total. The number of hydrogen-bond donors (Lipinski definition) is 0. The number of aryl methyl sites for hydroxylation is 1. The molecule has 0 amide bonds. The van der Waals surface area contributed by atoms with Crippen LogP contribution in [0.2, 0.25) is 0 Å². The summed E-state index contributed by atoms with van der Waals surface area (Å²) in [6, 6.07) is 3.25. The van der Waals surface area contributed by atoms with Gasteiger partial charge in [-0.05, 0) is 32.3 Å². The molecule has 1 aromatic heterocycles. The lowest BCUT2D eigenvalue weighted by molar-refractivity contribution is 0.214. The number of ether oxygens (including phenoxy) is 1. The maximum atomic E-state index is 12.2. The molecule has 116 valence electrons. The Morgan fingerprint density at radius 2 is 1.95 bits per heavy atom. The van der Waals surface area contributed by atoms with Crippen molar-refractivity contribution in [3.05, 3.63) is 28.2 Å². The van der Waals surface area contributed by atoms with Crippen molar-refractivity contribution in [3.63, 3.8) is 0 Å². The molecule has 7 heteroatoms. The number of nitrogens with zero attached hydrogens (tertiary/aromatic N) is 2. The number of sulfonamides is 1. The first kappa shape index (κ1) is 14.6. The number of rotatable bonds is 4. The molecule has 3 rings (SSSR count). The average Bonchev–Trinajstić information content (AvgIpc) is 3.17. The predicted molar refractivity (Wildman–Crippen MR) is 79.0 cm³/mol. The summed E-state index contributed by atoms with van der Waals surface area (Å²) >= 11 is 0. The van der Waals surface area contributed by atoms with Crippen LogP contribution in [0.15, 0.2) is 16.9 Å². The molecule has 21 heavy (non-hydrogen) atoms. The summed E-state index contributed by atoms with van der Waals surface area (Å²) in [5.41, 5.74) is 0.698. The van der Waals surface area contributed by atoms with Gasteiger partial charge >= 0.3 is 0 Å². The third-order valence-electron chi connectivity index (χ3n) is 4.19. The van der Waals surface area contributed by atoms with Crippen molar-refractivity contribution in [2.75, 3.05) is 13.1 Å². The third kappa shape index (κ3) is 2.85. The van der Waals surface area contributed by atoms with E-state index in [0.29, 0.717) is 25.3 Å². The standard InChI is InChI=1S/C14H20N2O4S/c1-10-7-12(8-14(17)15(10)2)20-11-5-6-16(9-11)21(18,19)13-3-4-13/h7-8,11,13H,3-6,9H2,1-2H3/t11-/m0/s1. The van der Waals surface area contributed by atoms with Gasteiger partial charge in [-0.3, -0.25) is 4.79 Å². The molecule has 1 aliphatic carbocycles. The molecule has 0 unspecified atom stereocenters. The Hall–Kier alpha value is -1.34. The first-order valence-corrected chi connectivity index (χ1v) is 8.71. The highest BCUT2D eigenvalue weighted by Crippen LogP contribution is 2.33. The lowest BCUT2D eigenvalue weighted by atomic mass is 10.3. The van der Waals surface area contributed by atoms with Crippen LogP contribution >= 0.6 is 0 Å². The van der Waals surface area contributed by atoms with Crippen molar-refractivity contribution in [2.45, 2.75) is 37.5 Å². The molecule has 0 radical (unpaired) electrons. The van der Waals surface area contributed by atoms with Gasteiger partial charge in [0.2, 0.25) is 10.0 Å². The Balaban J connectivity index is 1.69. The highest BCUT2D eigenvalue weighted by molar-refractivity contribution is 7.90. The van der Waals surface area contributed by atoms with Crippen molar-refractivity contribution in [1.29, 1.82) is 0 Å². The maximum Gasteiger partial charge on any atom is 0.254 e. The van der Waals surface area contributed by atoms with Gasteiger partial charge in [0, 0.05) is 25.4 Å². The first-order chi connectivity index (χ1) is 9.88. The smallest absolute Gasteiger partial charge is 0.254 e. The van der Waals surface area contributed by atoms with Gasteiger partial charge in [-0.25, -0.2) is 8.42 Å². The largest absolute Gasteiger partial charge is 0.489 e. The zero-order valence-corrected chi connectivity index (χ0v) is 13.1. The molecule has 1 saturated heterocycles. The first-order valence-electron chi connectivity index (χ1n) is 7.21. The molecule has 1 aliphatic heterocycles. The number of pyridine rings is 1. The Morgan fingerprint density at radius 3 is 2.57 bits per heavy atom. The molecule has 1 aromatic rings. The van der Waals surface area contributed by atoms with Crippen LogP contribution in [0, 0.1) is 6.92 Å². The van der Waals surface area contributed by atoms with Gasteiger partial charge in [-0.1, -0.05) is 0 Å². The van der Waals surface area contributed by atoms with Crippen LogP contribution < -0.4 is 10.3 Å². The fraction of sp³-hybridized carbons (Fsp3) is 0.643. The van der Waals surface area contributed by atoms with Gasteiger partial charge < -0.3 is 9.30 Å². The fourth-order valence-corrected chi connectivity index (χ4v) is 4.49. The molecule has 1 atom stereocenters. The summed E-state index contributed by atoms with van der Waals surface area (Å²) < 4.78 is 33.2. The van der Waals surface area contributed by atoms with Crippen LogP contribution in [-0.2, 0) is 17.1 Å². The van der Waals surface area contributed by atoms with Crippen molar-refractivity contribution in [2.24, 2.45) is 7.05 Å². The Morgan fingerprint density at radius 1 is 1.24 bits per heavy atom. The van der Waals surface area contributed by atoms with Crippen molar-refractivity contribution >= 4 is 10.0 Å². The van der Waals surface area contributed by atoms with E-state index in [1.807, 2.05) is 6.92 Å². The Kier molecular flexibility index (Phi) is 3.57. The van der Waals surface area contributed by atoms with Gasteiger partial charge in [-0.2, -0.15) is 4.31 Å². The van der Waals surface area contributed by atoms with E-state index in [9.17, 15) is 13.2 Å². The fourth-order valence-electron chi connectivity index (χ4n) is 2.60. The van der Waals surface area contributed by atoms with Gasteiger partial charge in [0.05, 0.1) is 11.8 Å². The molecule has 2 aliphatic rings. The number of hydrogen-bond acceptors (Lipinski definition) is 4. The SMILES string of the molecule is Cc1cc(O[C@H]2CCN(S(=O)(=O)C3CC3)C2)cc(=O)n1C. The minimum Gasteiger partial charge on any atom is -0.489 e. The summed E-state index contributed by atoms with van der Waals surface area (Å²) in [7, 11) is -1.42. The quantitative estimate of drug-likeness (QED) is 0.818. The van der Waals surface area contributed by atoms with Crippen LogP contribution in [-0.4, -0.2) is 41.7 Å². The second-order valence-electron chi connectivity index (χ2n) is 5.86. The van der Waals surface area contributed by atoms with Crippen LogP contribution in [0.4, 0.5) is 0 Å². The Bertz CT molecular complexity index is 706. The minimum absolute atomic E-state index is 0.120. The highest BCUT2D eigenvalue weighted by Gasteiger charge is 2.43.